The zero-order chi connectivity index (χ0) is 11.8. The third kappa shape index (κ3) is 1.64. The van der Waals surface area contributed by atoms with Crippen molar-refractivity contribution in [3.05, 3.63) is 45.7 Å². The van der Waals surface area contributed by atoms with E-state index in [4.69, 9.17) is 0 Å². The van der Waals surface area contributed by atoms with Crippen molar-refractivity contribution in [1.82, 2.24) is 15.2 Å². The van der Waals surface area contributed by atoms with E-state index in [1.807, 2.05) is 31.3 Å². The fourth-order valence-electron chi connectivity index (χ4n) is 1.74. The molecule has 0 saturated heterocycles. The number of aromatic amines is 1. The number of benzene rings is 1. The molecule has 2 aromatic heterocycles. The zero-order valence-electron chi connectivity index (χ0n) is 9.10. The average Bonchev–Trinajstić information content (AvgIpc) is 2.77. The van der Waals surface area contributed by atoms with Crippen molar-refractivity contribution in [3.8, 4) is 10.7 Å². The summed E-state index contributed by atoms with van der Waals surface area (Å²) in [5.74, 6) is 0. The normalized spacial score (nSPS) is 10.9. The molecule has 2 heterocycles. The van der Waals surface area contributed by atoms with E-state index in [-0.39, 0.29) is 5.56 Å². The molecule has 0 spiro atoms. The van der Waals surface area contributed by atoms with Gasteiger partial charge in [0.2, 0.25) is 0 Å². The minimum absolute atomic E-state index is 0.169. The zero-order valence-corrected chi connectivity index (χ0v) is 9.91. The Morgan fingerprint density at radius 1 is 1.24 bits per heavy atom. The van der Waals surface area contributed by atoms with Gasteiger partial charge in [-0.25, -0.2) is 10.1 Å². The first kappa shape index (κ1) is 10.2. The van der Waals surface area contributed by atoms with Crippen LogP contribution in [0.15, 0.2) is 35.3 Å². The number of nitrogens with one attached hydrogen (secondary N) is 1. The van der Waals surface area contributed by atoms with E-state index in [1.54, 1.807) is 17.4 Å². The summed E-state index contributed by atoms with van der Waals surface area (Å²) in [4.78, 5) is 17.1. The largest absolute Gasteiger partial charge is 0.272 e. The van der Waals surface area contributed by atoms with Crippen molar-refractivity contribution in [1.29, 1.82) is 0 Å². The molecule has 0 fully saturated rings. The third-order valence-electron chi connectivity index (χ3n) is 2.52. The van der Waals surface area contributed by atoms with Gasteiger partial charge < -0.3 is 0 Å². The number of rotatable bonds is 1. The van der Waals surface area contributed by atoms with E-state index in [1.165, 1.54) is 0 Å². The van der Waals surface area contributed by atoms with E-state index in [0.29, 0.717) is 5.39 Å². The van der Waals surface area contributed by atoms with Gasteiger partial charge in [-0.2, -0.15) is 5.10 Å². The highest BCUT2D eigenvalue weighted by atomic mass is 32.1. The molecule has 1 N–H and O–H groups in total. The molecule has 0 aliphatic rings. The van der Waals surface area contributed by atoms with E-state index in [2.05, 4.69) is 15.2 Å². The molecular weight excluding hydrogens is 234 g/mol. The van der Waals surface area contributed by atoms with Gasteiger partial charge in [0.1, 0.15) is 10.7 Å². The Morgan fingerprint density at radius 2 is 2.00 bits per heavy atom. The van der Waals surface area contributed by atoms with Gasteiger partial charge >= 0.3 is 0 Å². The molecular formula is C12H9N3OS. The lowest BCUT2D eigenvalue weighted by Crippen LogP contribution is -2.09. The maximum atomic E-state index is 11.6. The molecule has 0 unspecified atom stereocenters. The second-order valence-electron chi connectivity index (χ2n) is 3.72. The van der Waals surface area contributed by atoms with Crippen molar-refractivity contribution in [3.63, 3.8) is 0 Å². The van der Waals surface area contributed by atoms with E-state index < -0.39 is 0 Å². The van der Waals surface area contributed by atoms with Crippen LogP contribution in [0.2, 0.25) is 0 Å². The molecule has 3 aromatic rings. The smallest absolute Gasteiger partial charge is 0.267 e. The number of H-pyrrole nitrogens is 1. The lowest BCUT2D eigenvalue weighted by Gasteiger charge is -2.00. The van der Waals surface area contributed by atoms with Crippen LogP contribution >= 0.6 is 11.3 Å². The van der Waals surface area contributed by atoms with Gasteiger partial charge in [0.05, 0.1) is 5.39 Å². The van der Waals surface area contributed by atoms with Crippen LogP contribution < -0.4 is 5.56 Å². The number of thiazole rings is 1. The van der Waals surface area contributed by atoms with Crippen LogP contribution in [0.25, 0.3) is 21.5 Å². The third-order valence-corrected chi connectivity index (χ3v) is 3.44. The highest BCUT2D eigenvalue weighted by Crippen LogP contribution is 2.27. The van der Waals surface area contributed by atoms with E-state index >= 15 is 0 Å². The predicted molar refractivity (Wildman–Crippen MR) is 68.2 cm³/mol. The topological polar surface area (TPSA) is 58.6 Å². The average molecular weight is 243 g/mol. The first-order valence-electron chi connectivity index (χ1n) is 5.16. The maximum absolute atomic E-state index is 11.6. The summed E-state index contributed by atoms with van der Waals surface area (Å²) in [6.45, 7) is 2.00. The summed E-state index contributed by atoms with van der Waals surface area (Å²) < 4.78 is 0. The summed E-state index contributed by atoms with van der Waals surface area (Å²) in [6.07, 6.45) is 1.81. The molecule has 0 aliphatic carbocycles. The molecule has 17 heavy (non-hydrogen) atoms. The second-order valence-corrected chi connectivity index (χ2v) is 4.96. The first-order chi connectivity index (χ1) is 8.25. The van der Waals surface area contributed by atoms with Gasteiger partial charge in [0.15, 0.2) is 0 Å². The van der Waals surface area contributed by atoms with Crippen LogP contribution in [0.5, 0.6) is 0 Å². The summed E-state index contributed by atoms with van der Waals surface area (Å²) >= 11 is 1.57. The number of nitrogens with zero attached hydrogens (tertiary/aromatic N) is 2. The van der Waals surface area contributed by atoms with Crippen molar-refractivity contribution < 1.29 is 0 Å². The van der Waals surface area contributed by atoms with Crippen molar-refractivity contribution in [2.45, 2.75) is 6.92 Å². The number of aromatic nitrogens is 3. The van der Waals surface area contributed by atoms with Gasteiger partial charge in [0, 0.05) is 16.5 Å². The molecule has 0 aliphatic heterocycles. The Kier molecular flexibility index (Phi) is 2.26. The van der Waals surface area contributed by atoms with E-state index in [0.717, 1.165) is 21.0 Å². The predicted octanol–water partition coefficient (Wildman–Crippen LogP) is 2.36. The Labute approximate surface area is 101 Å². The number of aryl methyl sites for hydroxylation is 1. The highest BCUT2D eigenvalue weighted by molar-refractivity contribution is 7.15. The molecule has 0 atom stereocenters. The lowest BCUT2D eigenvalue weighted by molar-refractivity contribution is 1.01. The van der Waals surface area contributed by atoms with E-state index in [9.17, 15) is 4.79 Å². The van der Waals surface area contributed by atoms with Gasteiger partial charge in [-0.15, -0.1) is 11.3 Å². The summed E-state index contributed by atoms with van der Waals surface area (Å²) in [6, 6.07) is 7.42. The summed E-state index contributed by atoms with van der Waals surface area (Å²) in [5, 5.41) is 8.92. The van der Waals surface area contributed by atoms with Crippen molar-refractivity contribution in [2.75, 3.05) is 0 Å². The molecule has 3 rings (SSSR count). The Hall–Kier alpha value is -2.01. The highest BCUT2D eigenvalue weighted by Gasteiger charge is 2.10. The maximum Gasteiger partial charge on any atom is 0.272 e. The monoisotopic (exact) mass is 243 g/mol. The fraction of sp³-hybridized carbons (Fsp3) is 0.0833. The van der Waals surface area contributed by atoms with Crippen LogP contribution in [0, 0.1) is 6.92 Å². The minimum atomic E-state index is -0.169. The minimum Gasteiger partial charge on any atom is -0.267 e. The Balaban J connectivity index is 2.38. The van der Waals surface area contributed by atoms with Gasteiger partial charge in [0.25, 0.3) is 5.56 Å². The number of fused-ring (bicyclic) bond motifs is 1. The van der Waals surface area contributed by atoms with Crippen LogP contribution in [0.4, 0.5) is 0 Å². The van der Waals surface area contributed by atoms with Gasteiger partial charge in [-0.3, -0.25) is 4.79 Å². The summed E-state index contributed by atoms with van der Waals surface area (Å²) in [5.41, 5.74) is 0.566. The molecule has 0 bridgehead atoms. The van der Waals surface area contributed by atoms with Crippen LogP contribution in [0.3, 0.4) is 0 Å². The Morgan fingerprint density at radius 3 is 2.71 bits per heavy atom. The molecule has 84 valence electrons. The first-order valence-corrected chi connectivity index (χ1v) is 5.97. The quantitative estimate of drug-likeness (QED) is 0.713. The molecule has 0 saturated carbocycles. The standard InChI is InChI=1S/C12H9N3OS/c1-7-6-13-12(17-7)10-8-4-2-3-5-9(8)11(16)15-14-10/h2-6H,1H3,(H,15,16). The van der Waals surface area contributed by atoms with Crippen molar-refractivity contribution >= 4 is 22.1 Å². The summed E-state index contributed by atoms with van der Waals surface area (Å²) in [7, 11) is 0. The molecule has 0 radical (unpaired) electrons. The van der Waals surface area contributed by atoms with Crippen molar-refractivity contribution in [2.24, 2.45) is 0 Å². The molecule has 1 aromatic carbocycles. The second kappa shape index (κ2) is 3.78. The van der Waals surface area contributed by atoms with Gasteiger partial charge in [-0.1, -0.05) is 18.2 Å². The SMILES string of the molecule is Cc1cnc(-c2n[nH]c(=O)c3ccccc23)s1. The molecule has 4 nitrogen and oxygen atoms in total. The fourth-order valence-corrected chi connectivity index (χ4v) is 2.51. The van der Waals surface area contributed by atoms with Crippen LogP contribution in [0.1, 0.15) is 4.88 Å². The number of hydrogen-bond acceptors (Lipinski definition) is 4. The lowest BCUT2D eigenvalue weighted by atomic mass is 10.1. The Bertz CT molecular complexity index is 745. The molecule has 5 heteroatoms. The molecule has 0 amide bonds. The van der Waals surface area contributed by atoms with Crippen LogP contribution in [-0.4, -0.2) is 15.2 Å². The number of hydrogen-bond donors (Lipinski definition) is 1. The van der Waals surface area contributed by atoms with Crippen LogP contribution in [-0.2, 0) is 0 Å². The van der Waals surface area contributed by atoms with Gasteiger partial charge in [-0.05, 0) is 13.0 Å².